The molecule has 2 fully saturated rings. The molecule has 0 unspecified atom stereocenters. The number of phenolic OH excluding ortho intramolecular Hbond substituents is 1. The Hall–Kier alpha value is -4.77. The first kappa shape index (κ1) is 41.4. The van der Waals surface area contributed by atoms with Crippen LogP contribution in [0.4, 0.5) is 8.78 Å². The lowest BCUT2D eigenvalue weighted by atomic mass is 10.1. The van der Waals surface area contributed by atoms with Crippen LogP contribution in [0, 0.1) is 27.5 Å². The molecule has 0 saturated carbocycles. The van der Waals surface area contributed by atoms with Crippen LogP contribution in [0.25, 0.3) is 22.3 Å². The number of methoxy groups -OCH3 is 2. The first-order valence-electron chi connectivity index (χ1n) is 18.3. The van der Waals surface area contributed by atoms with Crippen molar-refractivity contribution in [1.29, 1.82) is 0 Å². The largest absolute Gasteiger partial charge is 0.506 e. The second-order valence-electron chi connectivity index (χ2n) is 13.5. The minimum absolute atomic E-state index is 0.0977. The number of fused-ring (bicyclic) bond motifs is 1. The van der Waals surface area contributed by atoms with Crippen molar-refractivity contribution >= 4 is 45.5 Å². The van der Waals surface area contributed by atoms with Crippen LogP contribution in [0.2, 0.25) is 0 Å². The van der Waals surface area contributed by atoms with Gasteiger partial charge in [0, 0.05) is 29.6 Å². The van der Waals surface area contributed by atoms with Gasteiger partial charge in [0.15, 0.2) is 0 Å². The minimum atomic E-state index is -0.755. The van der Waals surface area contributed by atoms with Gasteiger partial charge in [0.05, 0.1) is 17.8 Å². The SMILES string of the molecule is C#Cc1ccc(CN2CCCCC2)cc1.COC(=O)c1cc(F)cc(I)c1O.COC(=O)c1cc(F)cc2cc(-c3ccc(CN4CCCCC4)cc3)oc12. The number of esters is 2. The van der Waals surface area contributed by atoms with Crippen LogP contribution >= 0.6 is 22.6 Å². The van der Waals surface area contributed by atoms with Crippen molar-refractivity contribution in [3.05, 3.63) is 122 Å². The van der Waals surface area contributed by atoms with Gasteiger partial charge in [-0.2, -0.15) is 0 Å². The second kappa shape index (κ2) is 20.2. The molecule has 0 radical (unpaired) electrons. The first-order chi connectivity index (χ1) is 26.6. The number of terminal acetylenes is 1. The van der Waals surface area contributed by atoms with Crippen LogP contribution < -0.4 is 0 Å². The van der Waals surface area contributed by atoms with Crippen LogP contribution in [-0.4, -0.2) is 67.2 Å². The first-order valence-corrected chi connectivity index (χ1v) is 19.3. The molecular formula is C44H45F2IN2O6. The molecule has 0 bridgehead atoms. The van der Waals surface area contributed by atoms with Crippen molar-refractivity contribution in [1.82, 2.24) is 9.80 Å². The molecule has 2 aliphatic heterocycles. The third kappa shape index (κ3) is 11.6. The summed E-state index contributed by atoms with van der Waals surface area (Å²) in [5, 5.41) is 9.89. The lowest BCUT2D eigenvalue weighted by molar-refractivity contribution is 0.0589. The van der Waals surface area contributed by atoms with E-state index in [9.17, 15) is 23.5 Å². The van der Waals surface area contributed by atoms with Crippen LogP contribution in [0.1, 0.15) is 75.9 Å². The monoisotopic (exact) mass is 862 g/mol. The summed E-state index contributed by atoms with van der Waals surface area (Å²) in [6.45, 7) is 6.84. The third-order valence-corrected chi connectivity index (χ3v) is 10.3. The molecule has 8 nitrogen and oxygen atoms in total. The quantitative estimate of drug-likeness (QED) is 0.0984. The maximum atomic E-state index is 13.8. The number of halogens is 3. The molecule has 0 aliphatic carbocycles. The van der Waals surface area contributed by atoms with Crippen molar-refractivity contribution in [3.8, 4) is 29.4 Å². The number of carbonyl (C=O) groups is 2. The Balaban J connectivity index is 0.000000175. The lowest BCUT2D eigenvalue weighted by Gasteiger charge is -2.26. The topological polar surface area (TPSA) is 92.4 Å². The number of hydrogen-bond donors (Lipinski definition) is 1. The van der Waals surface area contributed by atoms with Gasteiger partial charge in [-0.25, -0.2) is 18.4 Å². The van der Waals surface area contributed by atoms with Crippen molar-refractivity contribution < 1.29 is 37.4 Å². The van der Waals surface area contributed by atoms with Crippen LogP contribution in [0.3, 0.4) is 0 Å². The summed E-state index contributed by atoms with van der Waals surface area (Å²) in [4.78, 5) is 27.9. The Bertz CT molecular complexity index is 2100. The summed E-state index contributed by atoms with van der Waals surface area (Å²) < 4.78 is 41.8. The minimum Gasteiger partial charge on any atom is -0.506 e. The molecule has 0 amide bonds. The van der Waals surface area contributed by atoms with E-state index >= 15 is 0 Å². The van der Waals surface area contributed by atoms with Gasteiger partial charge >= 0.3 is 11.9 Å². The number of aromatic hydroxyl groups is 1. The number of hydrogen-bond acceptors (Lipinski definition) is 8. The fraction of sp³-hybridized carbons (Fsp3) is 0.318. The molecule has 1 N–H and O–H groups in total. The van der Waals surface area contributed by atoms with Gasteiger partial charge in [-0.05, 0) is 128 Å². The summed E-state index contributed by atoms with van der Waals surface area (Å²) in [6, 6.07) is 22.9. The zero-order valence-corrected chi connectivity index (χ0v) is 33.2. The van der Waals surface area contributed by atoms with E-state index < -0.39 is 23.6 Å². The van der Waals surface area contributed by atoms with Crippen LogP contribution in [0.5, 0.6) is 5.75 Å². The van der Waals surface area contributed by atoms with Crippen molar-refractivity contribution in [2.45, 2.75) is 51.6 Å². The number of nitrogens with zero attached hydrogens (tertiary/aromatic N) is 2. The van der Waals surface area contributed by atoms with E-state index in [4.69, 9.17) is 15.6 Å². The zero-order valence-electron chi connectivity index (χ0n) is 31.1. The molecule has 5 aromatic rings. The average molecular weight is 863 g/mol. The summed E-state index contributed by atoms with van der Waals surface area (Å²) in [5.74, 6) is 0.548. The Morgan fingerprint density at radius 2 is 1.24 bits per heavy atom. The fourth-order valence-electron chi connectivity index (χ4n) is 6.58. The highest BCUT2D eigenvalue weighted by molar-refractivity contribution is 14.1. The molecule has 11 heteroatoms. The van der Waals surface area contributed by atoms with Gasteiger partial charge in [-0.15, -0.1) is 6.42 Å². The standard InChI is InChI=1S/C22H22FNO3.C14H17N.C8H6FIO3/c1-26-22(25)19-13-18(23)11-17-12-20(27-21(17)19)16-7-5-15(6-8-16)14-24-9-3-2-4-10-24;1-2-13-6-8-14(9-7-13)12-15-10-4-3-5-11-15;1-13-8(12)5-2-4(9)3-6(10)7(5)11/h5-8,11-13H,2-4,9-10,14H2,1H3;1,6-9H,3-5,10-12H2;2-3,11H,1H3. The predicted octanol–water partition coefficient (Wildman–Crippen LogP) is 9.59. The highest BCUT2D eigenvalue weighted by atomic mass is 127. The Kier molecular flexibility index (Phi) is 15.2. The Labute approximate surface area is 334 Å². The number of carbonyl (C=O) groups excluding carboxylic acids is 2. The van der Waals surface area contributed by atoms with E-state index in [1.165, 1.54) is 83.0 Å². The molecule has 7 rings (SSSR count). The van der Waals surface area contributed by atoms with E-state index in [0.717, 1.165) is 55.5 Å². The molecule has 55 heavy (non-hydrogen) atoms. The molecule has 0 spiro atoms. The predicted molar refractivity (Wildman–Crippen MR) is 218 cm³/mol. The van der Waals surface area contributed by atoms with Gasteiger partial charge in [0.2, 0.25) is 0 Å². The number of benzene rings is 4. The molecule has 2 aliphatic rings. The van der Waals surface area contributed by atoms with Gasteiger partial charge in [0.1, 0.15) is 39.9 Å². The zero-order chi connectivity index (χ0) is 39.3. The molecule has 4 aromatic carbocycles. The molecule has 288 valence electrons. The van der Waals surface area contributed by atoms with E-state index in [-0.39, 0.29) is 20.4 Å². The molecule has 2 saturated heterocycles. The normalized spacial score (nSPS) is 14.5. The third-order valence-electron chi connectivity index (χ3n) is 9.49. The lowest BCUT2D eigenvalue weighted by Crippen LogP contribution is -2.29. The second-order valence-corrected chi connectivity index (χ2v) is 14.6. The van der Waals surface area contributed by atoms with Crippen molar-refractivity contribution in [3.63, 3.8) is 0 Å². The number of ether oxygens (including phenoxy) is 2. The molecule has 1 aromatic heterocycles. The van der Waals surface area contributed by atoms with Crippen LogP contribution in [-0.2, 0) is 22.6 Å². The molecule has 3 heterocycles. The maximum Gasteiger partial charge on any atom is 0.341 e. The Morgan fingerprint density at radius 1 is 0.745 bits per heavy atom. The number of phenols is 1. The smallest absolute Gasteiger partial charge is 0.341 e. The number of rotatable bonds is 7. The summed E-state index contributed by atoms with van der Waals surface area (Å²) in [7, 11) is 2.43. The van der Waals surface area contributed by atoms with E-state index in [1.807, 2.05) is 24.3 Å². The number of likely N-dealkylation sites (tertiary alicyclic amines) is 2. The molecular weight excluding hydrogens is 817 g/mol. The average Bonchev–Trinajstić information content (AvgIpc) is 3.64. The number of furan rings is 1. The van der Waals surface area contributed by atoms with E-state index in [2.05, 4.69) is 44.7 Å². The molecule has 0 atom stereocenters. The van der Waals surface area contributed by atoms with Gasteiger partial charge in [-0.3, -0.25) is 9.80 Å². The highest BCUT2D eigenvalue weighted by Crippen LogP contribution is 2.32. The van der Waals surface area contributed by atoms with Crippen LogP contribution in [0.15, 0.2) is 83.3 Å². The van der Waals surface area contributed by atoms with Gasteiger partial charge in [-0.1, -0.05) is 55.2 Å². The summed E-state index contributed by atoms with van der Waals surface area (Å²) >= 11 is 1.73. The summed E-state index contributed by atoms with van der Waals surface area (Å²) in [6.07, 6.45) is 13.3. The maximum absolute atomic E-state index is 13.8. The summed E-state index contributed by atoms with van der Waals surface area (Å²) in [5.41, 5.74) is 4.78. The van der Waals surface area contributed by atoms with Gasteiger partial charge < -0.3 is 19.0 Å². The number of piperidine rings is 2. The fourth-order valence-corrected chi connectivity index (χ4v) is 7.17. The van der Waals surface area contributed by atoms with E-state index in [0.29, 0.717) is 16.7 Å². The van der Waals surface area contributed by atoms with Crippen molar-refractivity contribution in [2.75, 3.05) is 40.4 Å². The van der Waals surface area contributed by atoms with E-state index in [1.54, 1.807) is 28.7 Å². The Morgan fingerprint density at radius 3 is 1.76 bits per heavy atom. The van der Waals surface area contributed by atoms with Gasteiger partial charge in [0.25, 0.3) is 0 Å². The highest BCUT2D eigenvalue weighted by Gasteiger charge is 2.19. The van der Waals surface area contributed by atoms with Crippen molar-refractivity contribution in [2.24, 2.45) is 0 Å².